The first kappa shape index (κ1) is 21.3. The van der Waals surface area contributed by atoms with Crippen LogP contribution in [-0.2, 0) is 10.0 Å². The van der Waals surface area contributed by atoms with Crippen molar-refractivity contribution in [2.75, 3.05) is 6.67 Å². The van der Waals surface area contributed by atoms with Crippen molar-refractivity contribution in [3.63, 3.8) is 0 Å². The molecule has 0 saturated carbocycles. The number of halogens is 3. The van der Waals surface area contributed by atoms with E-state index >= 15 is 0 Å². The molecule has 2 aliphatic rings. The SMILES string of the molecule is O=S(=O)(NC(C1=NNC(c2ccc(Cl)cc2)C1)c1ccc(Cl)cc1Cl)C1=NCN=C1. The fourth-order valence-corrected chi connectivity index (χ4v) is 5.00. The Hall–Kier alpha value is -1.97. The molecule has 2 aromatic carbocycles. The van der Waals surface area contributed by atoms with Crippen LogP contribution in [0.15, 0.2) is 57.6 Å². The molecule has 0 fully saturated rings. The molecule has 156 valence electrons. The number of sulfonamides is 1. The topological polar surface area (TPSA) is 95.3 Å². The summed E-state index contributed by atoms with van der Waals surface area (Å²) in [6.07, 6.45) is 1.70. The fourth-order valence-electron chi connectivity index (χ4n) is 3.22. The van der Waals surface area contributed by atoms with Crippen molar-refractivity contribution in [2.45, 2.75) is 18.5 Å². The van der Waals surface area contributed by atoms with Crippen molar-refractivity contribution in [2.24, 2.45) is 15.1 Å². The Bertz CT molecular complexity index is 1160. The Balaban J connectivity index is 1.65. The molecule has 0 aromatic heterocycles. The quantitative estimate of drug-likeness (QED) is 0.668. The summed E-state index contributed by atoms with van der Waals surface area (Å²) in [4.78, 5) is 7.76. The smallest absolute Gasteiger partial charge is 0.260 e. The van der Waals surface area contributed by atoms with E-state index in [1.807, 2.05) is 12.1 Å². The van der Waals surface area contributed by atoms with Gasteiger partial charge in [-0.3, -0.25) is 4.99 Å². The Kier molecular flexibility index (Phi) is 6.13. The zero-order valence-corrected chi connectivity index (χ0v) is 18.5. The lowest BCUT2D eigenvalue weighted by Gasteiger charge is -2.20. The molecule has 0 radical (unpaired) electrons. The summed E-state index contributed by atoms with van der Waals surface area (Å²) in [5.41, 5.74) is 5.17. The molecule has 2 aromatic rings. The second-order valence-corrected chi connectivity index (χ2v) is 9.65. The van der Waals surface area contributed by atoms with Crippen LogP contribution < -0.4 is 10.1 Å². The maximum Gasteiger partial charge on any atom is 0.260 e. The normalized spacial score (nSPS) is 19.4. The molecule has 0 spiro atoms. The predicted octanol–water partition coefficient (Wildman–Crippen LogP) is 4.14. The Morgan fingerprint density at radius 1 is 1.07 bits per heavy atom. The van der Waals surface area contributed by atoms with E-state index in [1.165, 1.54) is 6.21 Å². The average molecular weight is 485 g/mol. The number of rotatable bonds is 5. The first-order valence-electron chi connectivity index (χ1n) is 8.92. The van der Waals surface area contributed by atoms with E-state index in [9.17, 15) is 8.42 Å². The minimum absolute atomic E-state index is 0.0871. The summed E-state index contributed by atoms with van der Waals surface area (Å²) < 4.78 is 28.4. The van der Waals surface area contributed by atoms with E-state index in [2.05, 4.69) is 25.2 Å². The van der Waals surface area contributed by atoms with Crippen molar-refractivity contribution >= 4 is 61.8 Å². The maximum atomic E-state index is 12.8. The number of nitrogens with zero attached hydrogens (tertiary/aromatic N) is 3. The Labute approximate surface area is 188 Å². The molecule has 0 amide bonds. The summed E-state index contributed by atoms with van der Waals surface area (Å²) >= 11 is 18.4. The maximum absolute atomic E-state index is 12.8. The molecule has 7 nitrogen and oxygen atoms in total. The van der Waals surface area contributed by atoms with E-state index in [0.29, 0.717) is 32.8 Å². The molecule has 4 rings (SSSR count). The molecule has 2 unspecified atom stereocenters. The van der Waals surface area contributed by atoms with Crippen molar-refractivity contribution in [1.82, 2.24) is 10.1 Å². The minimum atomic E-state index is -3.93. The molecular formula is C19H16Cl3N5O2S. The largest absolute Gasteiger partial charge is 0.302 e. The van der Waals surface area contributed by atoms with Gasteiger partial charge < -0.3 is 5.43 Å². The number of benzene rings is 2. The average Bonchev–Trinajstić information content (AvgIpc) is 3.40. The van der Waals surface area contributed by atoms with Crippen LogP contribution in [0.1, 0.15) is 29.6 Å². The van der Waals surface area contributed by atoms with E-state index in [1.54, 1.807) is 30.3 Å². The zero-order valence-electron chi connectivity index (χ0n) is 15.4. The molecule has 2 atom stereocenters. The second-order valence-electron chi connectivity index (χ2n) is 6.71. The van der Waals surface area contributed by atoms with E-state index < -0.39 is 16.1 Å². The van der Waals surface area contributed by atoms with Crippen LogP contribution in [-0.4, -0.2) is 32.1 Å². The highest BCUT2D eigenvalue weighted by Crippen LogP contribution is 2.33. The lowest BCUT2D eigenvalue weighted by molar-refractivity contribution is 0.589. The van der Waals surface area contributed by atoms with Gasteiger partial charge in [0.1, 0.15) is 6.67 Å². The molecule has 0 saturated heterocycles. The molecule has 2 heterocycles. The van der Waals surface area contributed by atoms with Crippen molar-refractivity contribution in [3.8, 4) is 0 Å². The van der Waals surface area contributed by atoms with Gasteiger partial charge in [-0.25, -0.2) is 13.4 Å². The van der Waals surface area contributed by atoms with Crippen molar-refractivity contribution < 1.29 is 8.42 Å². The standard InChI is InChI=1S/C19H16Cl3N5O2S/c20-12-3-1-11(2-4-12)16-8-17(26-25-16)19(14-6-5-13(21)7-15(14)22)27-30(28,29)18-9-23-10-24-18/h1-7,9,16,19,25,27H,8,10H2. The number of nitrogens with one attached hydrogen (secondary N) is 2. The summed E-state index contributed by atoms with van der Waals surface area (Å²) in [5.74, 6) is 0. The summed E-state index contributed by atoms with van der Waals surface area (Å²) in [6.45, 7) is 0.0871. The van der Waals surface area contributed by atoms with Crippen LogP contribution in [0.2, 0.25) is 15.1 Å². The predicted molar refractivity (Wildman–Crippen MR) is 121 cm³/mol. The first-order valence-corrected chi connectivity index (χ1v) is 11.5. The van der Waals surface area contributed by atoms with E-state index in [4.69, 9.17) is 34.8 Å². The van der Waals surface area contributed by atoms with Crippen LogP contribution in [0.3, 0.4) is 0 Å². The molecular weight excluding hydrogens is 469 g/mol. The highest BCUT2D eigenvalue weighted by molar-refractivity contribution is 8.06. The second kappa shape index (κ2) is 8.64. The van der Waals surface area contributed by atoms with Crippen LogP contribution in [0.5, 0.6) is 0 Å². The van der Waals surface area contributed by atoms with Crippen LogP contribution in [0.4, 0.5) is 0 Å². The van der Waals surface area contributed by atoms with Gasteiger partial charge in [0.25, 0.3) is 10.0 Å². The Morgan fingerprint density at radius 3 is 2.47 bits per heavy atom. The monoisotopic (exact) mass is 483 g/mol. The number of hydrogen-bond acceptors (Lipinski definition) is 6. The van der Waals surface area contributed by atoms with Crippen molar-refractivity contribution in [1.29, 1.82) is 0 Å². The third-order valence-corrected chi connectivity index (χ3v) is 6.86. The van der Waals surface area contributed by atoms with E-state index in [0.717, 1.165) is 5.56 Å². The number of aliphatic imine (C=N–C) groups is 2. The van der Waals surface area contributed by atoms with Crippen LogP contribution >= 0.6 is 34.8 Å². The molecule has 0 bridgehead atoms. The minimum Gasteiger partial charge on any atom is -0.302 e. The van der Waals surface area contributed by atoms with Gasteiger partial charge in [-0.05, 0) is 35.4 Å². The highest BCUT2D eigenvalue weighted by Gasteiger charge is 2.33. The summed E-state index contributed by atoms with van der Waals surface area (Å²) in [7, 11) is -3.93. The van der Waals surface area contributed by atoms with Crippen LogP contribution in [0.25, 0.3) is 0 Å². The molecule has 0 aliphatic carbocycles. The summed E-state index contributed by atoms with van der Waals surface area (Å²) in [5, 5.41) is 5.69. The lowest BCUT2D eigenvalue weighted by Crippen LogP contribution is -2.38. The van der Waals surface area contributed by atoms with Crippen molar-refractivity contribution in [3.05, 3.63) is 68.7 Å². The molecule has 2 aliphatic heterocycles. The van der Waals surface area contributed by atoms with Gasteiger partial charge >= 0.3 is 0 Å². The molecule has 2 N–H and O–H groups in total. The van der Waals surface area contributed by atoms with Gasteiger partial charge in [-0.1, -0.05) is 53.0 Å². The van der Waals surface area contributed by atoms with Gasteiger partial charge in [-0.15, -0.1) is 0 Å². The summed E-state index contributed by atoms with van der Waals surface area (Å²) in [6, 6.07) is 11.4. The van der Waals surface area contributed by atoms with Gasteiger partial charge in [0, 0.05) is 21.5 Å². The number of hydrogen-bond donors (Lipinski definition) is 2. The highest BCUT2D eigenvalue weighted by atomic mass is 35.5. The van der Waals surface area contributed by atoms with E-state index in [-0.39, 0.29) is 17.8 Å². The Morgan fingerprint density at radius 2 is 1.80 bits per heavy atom. The fraction of sp³-hybridized carbons (Fsp3) is 0.211. The van der Waals surface area contributed by atoms with Gasteiger partial charge in [0.15, 0.2) is 5.04 Å². The molecule has 11 heteroatoms. The molecule has 30 heavy (non-hydrogen) atoms. The number of hydrazone groups is 1. The van der Waals surface area contributed by atoms with Gasteiger partial charge in [-0.2, -0.15) is 9.82 Å². The zero-order chi connectivity index (χ0) is 21.3. The third kappa shape index (κ3) is 4.53. The first-order chi connectivity index (χ1) is 14.3. The van der Waals surface area contributed by atoms with Gasteiger partial charge in [0.2, 0.25) is 0 Å². The third-order valence-electron chi connectivity index (χ3n) is 4.71. The van der Waals surface area contributed by atoms with Gasteiger partial charge in [0.05, 0.1) is 24.0 Å². The van der Waals surface area contributed by atoms with Crippen LogP contribution in [0, 0.1) is 0 Å². The lowest BCUT2D eigenvalue weighted by atomic mass is 9.96.